The fourth-order valence-corrected chi connectivity index (χ4v) is 1.17. The molecule has 0 saturated carbocycles. The predicted molar refractivity (Wildman–Crippen MR) is 62.2 cm³/mol. The van der Waals surface area contributed by atoms with Crippen molar-refractivity contribution in [1.82, 2.24) is 0 Å². The van der Waals surface area contributed by atoms with Gasteiger partial charge in [0.2, 0.25) is 0 Å². The zero-order chi connectivity index (χ0) is 11.3. The number of hydrogen-bond donors (Lipinski definition) is 3. The molecule has 0 saturated heterocycles. The largest absolute Gasteiger partial charge is 0.396 e. The van der Waals surface area contributed by atoms with E-state index in [9.17, 15) is 0 Å². The summed E-state index contributed by atoms with van der Waals surface area (Å²) in [4.78, 5) is 0. The molecule has 15 heavy (non-hydrogen) atoms. The Morgan fingerprint density at radius 2 is 1.73 bits per heavy atom. The summed E-state index contributed by atoms with van der Waals surface area (Å²) < 4.78 is 0. The Balaban J connectivity index is 2.53. The molecule has 0 aliphatic carbocycles. The summed E-state index contributed by atoms with van der Waals surface area (Å²) in [7, 11) is 0. The van der Waals surface area contributed by atoms with Crippen molar-refractivity contribution in [1.29, 1.82) is 0 Å². The molecule has 4 heteroatoms. The number of hydrogen-bond acceptors (Lipinski definition) is 3. The van der Waals surface area contributed by atoms with Crippen LogP contribution < -0.4 is 5.32 Å². The highest BCUT2D eigenvalue weighted by Crippen LogP contribution is 2.18. The molecular formula is C11H16ClNO2. The van der Waals surface area contributed by atoms with Crippen LogP contribution >= 0.6 is 11.6 Å². The van der Waals surface area contributed by atoms with Gasteiger partial charge in [0, 0.05) is 22.7 Å². The van der Waals surface area contributed by atoms with Gasteiger partial charge in [0.1, 0.15) is 0 Å². The number of benzene rings is 1. The molecule has 3 N–H and O–H groups in total. The van der Waals surface area contributed by atoms with Gasteiger partial charge in [0.15, 0.2) is 0 Å². The second kappa shape index (κ2) is 5.35. The smallest absolute Gasteiger partial charge is 0.0523 e. The fraction of sp³-hybridized carbons (Fsp3) is 0.455. The molecule has 0 radical (unpaired) electrons. The maximum Gasteiger partial charge on any atom is 0.0523 e. The Kier molecular flexibility index (Phi) is 4.39. The van der Waals surface area contributed by atoms with Crippen molar-refractivity contribution in [2.45, 2.75) is 6.92 Å². The normalized spacial score (nSPS) is 11.5. The monoisotopic (exact) mass is 229 g/mol. The average molecular weight is 230 g/mol. The standard InChI is InChI=1S/C11H16ClNO2/c1-11(7-14,8-15)6-13-10-4-2-9(12)3-5-10/h2-5,13-15H,6-8H2,1H3. The molecule has 0 aliphatic rings. The van der Waals surface area contributed by atoms with Gasteiger partial charge in [-0.2, -0.15) is 0 Å². The van der Waals surface area contributed by atoms with E-state index in [1.54, 1.807) is 12.1 Å². The quantitative estimate of drug-likeness (QED) is 0.721. The van der Waals surface area contributed by atoms with Crippen LogP contribution in [0.1, 0.15) is 6.92 Å². The molecule has 0 aromatic heterocycles. The molecule has 1 aromatic rings. The summed E-state index contributed by atoms with van der Waals surface area (Å²) in [5, 5.41) is 22.0. The number of nitrogens with one attached hydrogen (secondary N) is 1. The van der Waals surface area contributed by atoms with Gasteiger partial charge in [-0.25, -0.2) is 0 Å². The summed E-state index contributed by atoms with van der Waals surface area (Å²) in [5.74, 6) is 0. The summed E-state index contributed by atoms with van der Waals surface area (Å²) in [6.45, 7) is 2.23. The lowest BCUT2D eigenvalue weighted by molar-refractivity contribution is 0.0806. The van der Waals surface area contributed by atoms with Crippen molar-refractivity contribution in [2.24, 2.45) is 5.41 Å². The Hall–Kier alpha value is -0.770. The lowest BCUT2D eigenvalue weighted by Gasteiger charge is -2.25. The summed E-state index contributed by atoms with van der Waals surface area (Å²) >= 11 is 5.75. The third-order valence-corrected chi connectivity index (χ3v) is 2.58. The molecule has 84 valence electrons. The van der Waals surface area contributed by atoms with Crippen molar-refractivity contribution < 1.29 is 10.2 Å². The van der Waals surface area contributed by atoms with Crippen molar-refractivity contribution in [3.63, 3.8) is 0 Å². The van der Waals surface area contributed by atoms with E-state index in [1.165, 1.54) is 0 Å². The van der Waals surface area contributed by atoms with Gasteiger partial charge >= 0.3 is 0 Å². The van der Waals surface area contributed by atoms with Gasteiger partial charge < -0.3 is 15.5 Å². The van der Waals surface area contributed by atoms with Crippen LogP contribution in [0, 0.1) is 5.41 Å². The Bertz CT molecular complexity index is 296. The molecule has 3 nitrogen and oxygen atoms in total. The Labute approximate surface area is 94.7 Å². The summed E-state index contributed by atoms with van der Waals surface area (Å²) in [5.41, 5.74) is 0.423. The van der Waals surface area contributed by atoms with E-state index in [1.807, 2.05) is 19.1 Å². The third kappa shape index (κ3) is 3.70. The maximum atomic E-state index is 9.09. The van der Waals surface area contributed by atoms with Crippen LogP contribution in [0.3, 0.4) is 0 Å². The van der Waals surface area contributed by atoms with Crippen LogP contribution in [-0.2, 0) is 0 Å². The number of aliphatic hydroxyl groups is 2. The molecule has 0 aliphatic heterocycles. The van der Waals surface area contributed by atoms with Crippen LogP contribution in [0.5, 0.6) is 0 Å². The number of aliphatic hydroxyl groups excluding tert-OH is 2. The first-order valence-corrected chi connectivity index (χ1v) is 5.18. The zero-order valence-corrected chi connectivity index (χ0v) is 9.46. The number of rotatable bonds is 5. The molecule has 0 atom stereocenters. The predicted octanol–water partition coefficient (Wildman–Crippen LogP) is 1.74. The molecular weight excluding hydrogens is 214 g/mol. The van der Waals surface area contributed by atoms with Crippen LogP contribution in [0.2, 0.25) is 5.02 Å². The van der Waals surface area contributed by atoms with Gasteiger partial charge in [0.05, 0.1) is 13.2 Å². The molecule has 0 spiro atoms. The maximum absolute atomic E-state index is 9.09. The lowest BCUT2D eigenvalue weighted by atomic mass is 9.93. The van der Waals surface area contributed by atoms with E-state index in [-0.39, 0.29) is 13.2 Å². The first-order chi connectivity index (χ1) is 7.09. The van der Waals surface area contributed by atoms with E-state index >= 15 is 0 Å². The topological polar surface area (TPSA) is 52.5 Å². The summed E-state index contributed by atoms with van der Waals surface area (Å²) in [6, 6.07) is 7.30. The molecule has 0 amide bonds. The van der Waals surface area contributed by atoms with Crippen molar-refractivity contribution >= 4 is 17.3 Å². The van der Waals surface area contributed by atoms with Crippen LogP contribution in [-0.4, -0.2) is 30.0 Å². The molecule has 1 rings (SSSR count). The van der Waals surface area contributed by atoms with Gasteiger partial charge in [-0.15, -0.1) is 0 Å². The van der Waals surface area contributed by atoms with Gasteiger partial charge in [-0.1, -0.05) is 18.5 Å². The van der Waals surface area contributed by atoms with Crippen LogP contribution in [0.25, 0.3) is 0 Å². The summed E-state index contributed by atoms with van der Waals surface area (Å²) in [6.07, 6.45) is 0. The van der Waals surface area contributed by atoms with E-state index in [4.69, 9.17) is 21.8 Å². The average Bonchev–Trinajstić information content (AvgIpc) is 2.28. The lowest BCUT2D eigenvalue weighted by Crippen LogP contribution is -2.33. The third-order valence-electron chi connectivity index (χ3n) is 2.33. The minimum atomic E-state index is -0.500. The number of anilines is 1. The molecule has 1 aromatic carbocycles. The van der Waals surface area contributed by atoms with Gasteiger partial charge in [-0.3, -0.25) is 0 Å². The molecule has 0 fully saturated rings. The van der Waals surface area contributed by atoms with E-state index in [0.29, 0.717) is 11.6 Å². The highest BCUT2D eigenvalue weighted by Gasteiger charge is 2.21. The highest BCUT2D eigenvalue weighted by atomic mass is 35.5. The second-order valence-electron chi connectivity index (χ2n) is 3.99. The SMILES string of the molecule is CC(CO)(CO)CNc1ccc(Cl)cc1. The first kappa shape index (κ1) is 12.3. The minimum Gasteiger partial charge on any atom is -0.396 e. The van der Waals surface area contributed by atoms with E-state index in [0.717, 1.165) is 5.69 Å². The fourth-order valence-electron chi connectivity index (χ4n) is 1.04. The van der Waals surface area contributed by atoms with Crippen LogP contribution in [0.4, 0.5) is 5.69 Å². The number of halogens is 1. The van der Waals surface area contributed by atoms with Crippen LogP contribution in [0.15, 0.2) is 24.3 Å². The highest BCUT2D eigenvalue weighted by molar-refractivity contribution is 6.30. The first-order valence-electron chi connectivity index (χ1n) is 4.81. The van der Waals surface area contributed by atoms with Gasteiger partial charge in [0.25, 0.3) is 0 Å². The molecule has 0 bridgehead atoms. The van der Waals surface area contributed by atoms with E-state index < -0.39 is 5.41 Å². The molecule has 0 unspecified atom stereocenters. The Morgan fingerprint density at radius 3 is 2.20 bits per heavy atom. The second-order valence-corrected chi connectivity index (χ2v) is 4.42. The molecule has 0 heterocycles. The van der Waals surface area contributed by atoms with Gasteiger partial charge in [-0.05, 0) is 24.3 Å². The van der Waals surface area contributed by atoms with E-state index in [2.05, 4.69) is 5.32 Å². The van der Waals surface area contributed by atoms with Crippen molar-refractivity contribution in [2.75, 3.05) is 25.1 Å². The zero-order valence-electron chi connectivity index (χ0n) is 8.70. The minimum absolute atomic E-state index is 0.0515. The Morgan fingerprint density at radius 1 is 1.20 bits per heavy atom. The van der Waals surface area contributed by atoms with Crippen molar-refractivity contribution in [3.05, 3.63) is 29.3 Å². The van der Waals surface area contributed by atoms with Crippen molar-refractivity contribution in [3.8, 4) is 0 Å².